The number of aliphatic imine (C=N–C) groups is 1. The summed E-state index contributed by atoms with van der Waals surface area (Å²) in [4.78, 5) is 18.6. The molecule has 2 aromatic rings. The number of fused-ring (bicyclic) bond motifs is 1. The molecule has 23 heavy (non-hydrogen) atoms. The summed E-state index contributed by atoms with van der Waals surface area (Å²) in [5, 5.41) is 0. The fourth-order valence-corrected chi connectivity index (χ4v) is 2.59. The van der Waals surface area contributed by atoms with Crippen LogP contribution in [0.15, 0.2) is 47.5 Å². The topological polar surface area (TPSA) is 32.7 Å². The van der Waals surface area contributed by atoms with Crippen LogP contribution in [0.5, 0.6) is 0 Å². The van der Waals surface area contributed by atoms with Crippen molar-refractivity contribution in [2.75, 3.05) is 11.4 Å². The summed E-state index contributed by atoms with van der Waals surface area (Å²) in [6, 6.07) is 10.7. The van der Waals surface area contributed by atoms with Gasteiger partial charge in [0.15, 0.2) is 11.6 Å². The summed E-state index contributed by atoms with van der Waals surface area (Å²) in [5.74, 6) is -2.12. The van der Waals surface area contributed by atoms with Gasteiger partial charge in [-0.15, -0.1) is 0 Å². The molecule has 1 aliphatic rings. The van der Waals surface area contributed by atoms with Crippen LogP contribution in [0, 0.1) is 11.6 Å². The van der Waals surface area contributed by atoms with Gasteiger partial charge in [0.25, 0.3) is 5.91 Å². The first kappa shape index (κ1) is 15.3. The molecular formula is C18H16F2N2O. The first-order chi connectivity index (χ1) is 11.1. The van der Waals surface area contributed by atoms with Gasteiger partial charge in [0, 0.05) is 18.2 Å². The number of unbranched alkanes of at least 4 members (excludes halogenated alkanes) is 1. The quantitative estimate of drug-likeness (QED) is 0.831. The first-order valence-electron chi connectivity index (χ1n) is 7.57. The second-order valence-electron chi connectivity index (χ2n) is 5.39. The standard InChI is InChI=1S/C18H16F2N2O/c1-2-3-10-22-16-7-5-4-6-13(16)17(18(22)23)21-12-8-9-14(19)15(20)11-12/h4-9,11H,2-3,10H2,1H3. The number of para-hydroxylation sites is 1. The second-order valence-corrected chi connectivity index (χ2v) is 5.39. The lowest BCUT2D eigenvalue weighted by Crippen LogP contribution is -2.30. The second kappa shape index (κ2) is 6.28. The van der Waals surface area contributed by atoms with Crippen LogP contribution < -0.4 is 4.90 Å². The van der Waals surface area contributed by atoms with Crippen molar-refractivity contribution in [3.8, 4) is 0 Å². The predicted octanol–water partition coefficient (Wildman–Crippen LogP) is 4.23. The molecular weight excluding hydrogens is 298 g/mol. The lowest BCUT2D eigenvalue weighted by Gasteiger charge is -2.15. The Hall–Kier alpha value is -2.56. The number of rotatable bonds is 4. The molecule has 3 rings (SSSR count). The number of carbonyl (C=O) groups excluding carboxylic acids is 1. The zero-order chi connectivity index (χ0) is 16.4. The molecule has 0 N–H and O–H groups in total. The Morgan fingerprint density at radius 3 is 2.61 bits per heavy atom. The van der Waals surface area contributed by atoms with Crippen molar-refractivity contribution in [2.24, 2.45) is 4.99 Å². The Morgan fingerprint density at radius 1 is 1.09 bits per heavy atom. The van der Waals surface area contributed by atoms with Crippen molar-refractivity contribution in [2.45, 2.75) is 19.8 Å². The van der Waals surface area contributed by atoms with E-state index in [0.29, 0.717) is 6.54 Å². The molecule has 118 valence electrons. The van der Waals surface area contributed by atoms with Gasteiger partial charge in [-0.1, -0.05) is 31.5 Å². The molecule has 0 saturated carbocycles. The molecule has 0 fully saturated rings. The molecule has 0 atom stereocenters. The van der Waals surface area contributed by atoms with Crippen molar-refractivity contribution in [3.63, 3.8) is 0 Å². The van der Waals surface area contributed by atoms with Crippen LogP contribution in [-0.2, 0) is 4.79 Å². The van der Waals surface area contributed by atoms with E-state index >= 15 is 0 Å². The van der Waals surface area contributed by atoms with Gasteiger partial charge in [-0.25, -0.2) is 13.8 Å². The third kappa shape index (κ3) is 2.86. The largest absolute Gasteiger partial charge is 0.306 e. The smallest absolute Gasteiger partial charge is 0.277 e. The van der Waals surface area contributed by atoms with Crippen LogP contribution in [-0.4, -0.2) is 18.2 Å². The van der Waals surface area contributed by atoms with E-state index < -0.39 is 11.6 Å². The van der Waals surface area contributed by atoms with Gasteiger partial charge in [-0.3, -0.25) is 4.79 Å². The highest BCUT2D eigenvalue weighted by molar-refractivity contribution is 6.54. The third-order valence-corrected chi connectivity index (χ3v) is 3.78. The maximum Gasteiger partial charge on any atom is 0.277 e. The number of amides is 1. The normalized spacial score (nSPS) is 15.3. The van der Waals surface area contributed by atoms with Gasteiger partial charge < -0.3 is 4.90 Å². The van der Waals surface area contributed by atoms with Crippen LogP contribution in [0.4, 0.5) is 20.2 Å². The van der Waals surface area contributed by atoms with Gasteiger partial charge in [-0.05, 0) is 24.6 Å². The average molecular weight is 314 g/mol. The van der Waals surface area contributed by atoms with E-state index in [1.54, 1.807) is 4.90 Å². The van der Waals surface area contributed by atoms with E-state index in [9.17, 15) is 13.6 Å². The zero-order valence-electron chi connectivity index (χ0n) is 12.7. The molecule has 2 aromatic carbocycles. The lowest BCUT2D eigenvalue weighted by atomic mass is 10.1. The highest BCUT2D eigenvalue weighted by atomic mass is 19.2. The van der Waals surface area contributed by atoms with Crippen molar-refractivity contribution >= 4 is 23.0 Å². The summed E-state index contributed by atoms with van der Waals surface area (Å²) < 4.78 is 26.4. The maximum atomic E-state index is 13.3. The predicted molar refractivity (Wildman–Crippen MR) is 86.3 cm³/mol. The number of carbonyl (C=O) groups is 1. The number of hydrogen-bond acceptors (Lipinski definition) is 2. The summed E-state index contributed by atoms with van der Waals surface area (Å²) in [7, 11) is 0. The Bertz CT molecular complexity index is 786. The van der Waals surface area contributed by atoms with E-state index in [1.165, 1.54) is 6.07 Å². The lowest BCUT2D eigenvalue weighted by molar-refractivity contribution is -0.112. The Labute approximate surface area is 133 Å². The van der Waals surface area contributed by atoms with Crippen molar-refractivity contribution in [3.05, 3.63) is 59.7 Å². The number of benzene rings is 2. The molecule has 5 heteroatoms. The SMILES string of the molecule is CCCCN1C(=O)C(=Nc2ccc(F)c(F)c2)c2ccccc21. The summed E-state index contributed by atoms with van der Waals surface area (Å²) in [5.41, 5.74) is 2.02. The summed E-state index contributed by atoms with van der Waals surface area (Å²) in [6.45, 7) is 2.67. The van der Waals surface area contributed by atoms with Crippen molar-refractivity contribution < 1.29 is 13.6 Å². The van der Waals surface area contributed by atoms with Gasteiger partial charge in [0.2, 0.25) is 0 Å². The van der Waals surface area contributed by atoms with E-state index in [0.717, 1.165) is 36.2 Å². The van der Waals surface area contributed by atoms with Crippen molar-refractivity contribution in [1.82, 2.24) is 0 Å². The third-order valence-electron chi connectivity index (χ3n) is 3.78. The summed E-state index contributed by atoms with van der Waals surface area (Å²) in [6.07, 6.45) is 1.86. The molecule has 0 radical (unpaired) electrons. The molecule has 0 saturated heterocycles. The van der Waals surface area contributed by atoms with Crippen LogP contribution in [0.3, 0.4) is 0 Å². The Balaban J connectivity index is 2.03. The van der Waals surface area contributed by atoms with Gasteiger partial charge in [-0.2, -0.15) is 0 Å². The summed E-state index contributed by atoms with van der Waals surface area (Å²) >= 11 is 0. The minimum atomic E-state index is -0.978. The Kier molecular flexibility index (Phi) is 4.19. The van der Waals surface area contributed by atoms with E-state index in [1.807, 2.05) is 24.3 Å². The zero-order valence-corrected chi connectivity index (χ0v) is 12.7. The van der Waals surface area contributed by atoms with Crippen LogP contribution in [0.2, 0.25) is 0 Å². The highest BCUT2D eigenvalue weighted by Gasteiger charge is 2.33. The van der Waals surface area contributed by atoms with E-state index in [2.05, 4.69) is 11.9 Å². The minimum Gasteiger partial charge on any atom is -0.306 e. The van der Waals surface area contributed by atoms with Gasteiger partial charge in [0.05, 0.1) is 11.4 Å². The minimum absolute atomic E-state index is 0.204. The monoisotopic (exact) mass is 314 g/mol. The van der Waals surface area contributed by atoms with Gasteiger partial charge in [0.1, 0.15) is 5.71 Å². The molecule has 0 bridgehead atoms. The molecule has 3 nitrogen and oxygen atoms in total. The van der Waals surface area contributed by atoms with Crippen LogP contribution >= 0.6 is 0 Å². The number of nitrogens with zero attached hydrogens (tertiary/aromatic N) is 2. The van der Waals surface area contributed by atoms with Crippen molar-refractivity contribution in [1.29, 1.82) is 0 Å². The Morgan fingerprint density at radius 2 is 1.87 bits per heavy atom. The van der Waals surface area contributed by atoms with Crippen LogP contribution in [0.25, 0.3) is 0 Å². The molecule has 0 aromatic heterocycles. The molecule has 0 spiro atoms. The molecule has 1 heterocycles. The fraction of sp³-hybridized carbons (Fsp3) is 0.222. The molecule has 1 aliphatic heterocycles. The number of hydrogen-bond donors (Lipinski definition) is 0. The first-order valence-corrected chi connectivity index (χ1v) is 7.57. The van der Waals surface area contributed by atoms with Gasteiger partial charge >= 0.3 is 0 Å². The maximum absolute atomic E-state index is 13.3. The molecule has 0 unspecified atom stereocenters. The molecule has 0 aliphatic carbocycles. The van der Waals surface area contributed by atoms with E-state index in [-0.39, 0.29) is 17.3 Å². The fourth-order valence-electron chi connectivity index (χ4n) is 2.59. The highest BCUT2D eigenvalue weighted by Crippen LogP contribution is 2.31. The average Bonchev–Trinajstić information content (AvgIpc) is 2.81. The van der Waals surface area contributed by atoms with E-state index in [4.69, 9.17) is 0 Å². The molecule has 1 amide bonds. The van der Waals surface area contributed by atoms with Crippen LogP contribution in [0.1, 0.15) is 25.3 Å². The number of halogens is 2. The number of anilines is 1.